The van der Waals surface area contributed by atoms with Gasteiger partial charge in [0.05, 0.1) is 35.0 Å². The SMILES string of the molecule is CCCCCCCCCCCCCCCC(=O)OCC(COC(=O)CCCCCCCCCCCCCCC)OC(=O)CCCCBr.CCCCCCCCCCCCCCCC(=O)OCC(COC(C)=O)OC(=O)CCCCOc1c(C/C=C(\C)CCC(=O)OC)c(OC)c(C)c2c1C(=O)OC2.COC(=O)CC/C(C)=C/Cc1c(O)c2c(c(C)c1OC)COC2=O.[2H][B].[U]. The van der Waals surface area contributed by atoms with Gasteiger partial charge in [0.2, 0.25) is 0 Å². The van der Waals surface area contributed by atoms with Gasteiger partial charge in [0, 0.05) is 119 Å². The smallest absolute Gasteiger partial charge is 0.342 e. The molecule has 0 saturated carbocycles. The third kappa shape index (κ3) is 57.6. The van der Waals surface area contributed by atoms with Crippen LogP contribution in [0.25, 0.3) is 0 Å². The molecular formula is C102H166BBrO24U. The zero-order valence-electron chi connectivity index (χ0n) is 82.4. The monoisotopic (exact) mass is 2100 g/mol. The van der Waals surface area contributed by atoms with Gasteiger partial charge in [0.1, 0.15) is 73.8 Å². The Balaban J connectivity index is 0.00000202. The summed E-state index contributed by atoms with van der Waals surface area (Å²) in [7, 11) is 9.56. The molecule has 129 heavy (non-hydrogen) atoms. The Hall–Kier alpha value is -6.58. The summed E-state index contributed by atoms with van der Waals surface area (Å²) >= 11 is 3.38. The molecule has 0 spiro atoms. The topological polar surface area (TPSA) is 311 Å². The molecule has 732 valence electrons. The Bertz CT molecular complexity index is 3480. The van der Waals surface area contributed by atoms with E-state index >= 15 is 0 Å². The first kappa shape index (κ1) is 120. The van der Waals surface area contributed by atoms with Crippen LogP contribution in [0.4, 0.5) is 0 Å². The van der Waals surface area contributed by atoms with Crippen LogP contribution in [0.15, 0.2) is 23.3 Å². The predicted octanol–water partition coefficient (Wildman–Crippen LogP) is 23.9. The van der Waals surface area contributed by atoms with Gasteiger partial charge in [-0.05, 0) is 111 Å². The molecule has 0 aromatic heterocycles. The first-order valence-electron chi connectivity index (χ1n) is 49.1. The van der Waals surface area contributed by atoms with E-state index in [1.165, 1.54) is 221 Å². The van der Waals surface area contributed by atoms with Crippen LogP contribution in [0.5, 0.6) is 23.0 Å². The van der Waals surface area contributed by atoms with E-state index in [0.29, 0.717) is 116 Å². The molecule has 0 saturated heterocycles. The fourth-order valence-corrected chi connectivity index (χ4v) is 15.6. The number of halogens is 1. The maximum atomic E-state index is 12.8. The molecule has 2 radical (unpaired) electrons. The molecule has 0 fully saturated rings. The Labute approximate surface area is 810 Å². The van der Waals surface area contributed by atoms with Crippen LogP contribution in [0.1, 0.15) is 430 Å². The van der Waals surface area contributed by atoms with Crippen molar-refractivity contribution < 1.29 is 146 Å². The number of phenolic OH excluding ortho intramolecular Hbond substituents is 1. The van der Waals surface area contributed by atoms with Crippen LogP contribution < -0.4 is 14.2 Å². The van der Waals surface area contributed by atoms with Crippen molar-refractivity contribution in [1.82, 2.24) is 0 Å². The minimum Gasteiger partial charge on any atom is -0.507 e. The summed E-state index contributed by atoms with van der Waals surface area (Å²) in [6.45, 7) is 15.5. The Kier molecular flexibility index (Phi) is 74.6. The molecular weight excluding hydrogens is 1940 g/mol. The van der Waals surface area contributed by atoms with Crippen molar-refractivity contribution in [2.24, 2.45) is 0 Å². The van der Waals surface area contributed by atoms with E-state index in [4.69, 9.17) is 58.2 Å². The molecule has 2 aliphatic heterocycles. The number of aromatic hydroxyl groups is 1. The van der Waals surface area contributed by atoms with E-state index in [-0.39, 0.29) is 144 Å². The summed E-state index contributed by atoms with van der Waals surface area (Å²) in [5, 5.41) is 11.3. The number of phenols is 1. The van der Waals surface area contributed by atoms with Gasteiger partial charge in [-0.25, -0.2) is 9.59 Å². The molecule has 0 amide bonds. The molecule has 2 aromatic rings. The number of carbonyl (C=O) groups excluding carboxylic acids is 10. The van der Waals surface area contributed by atoms with Crippen LogP contribution in [0.2, 0.25) is 0 Å². The van der Waals surface area contributed by atoms with Gasteiger partial charge in [-0.1, -0.05) is 291 Å². The first-order valence-corrected chi connectivity index (χ1v) is 49.7. The summed E-state index contributed by atoms with van der Waals surface area (Å²) in [6, 6.07) is 0. The normalized spacial score (nSPS) is 12.2. The summed E-state index contributed by atoms with van der Waals surface area (Å²) in [6.07, 6.45) is 56.9. The zero-order chi connectivity index (χ0) is 95.5. The maximum Gasteiger partial charge on any atom is 0.342 e. The average Bonchev–Trinajstić information content (AvgIpc) is 1.48. The van der Waals surface area contributed by atoms with Gasteiger partial charge < -0.3 is 66.7 Å². The van der Waals surface area contributed by atoms with Crippen LogP contribution in [-0.4, -0.2) is 154 Å². The second-order valence-corrected chi connectivity index (χ2v) is 34.8. The number of fused-ring (bicyclic) bond motifs is 2. The number of rotatable bonds is 74. The predicted molar refractivity (Wildman–Crippen MR) is 507 cm³/mol. The summed E-state index contributed by atoms with van der Waals surface area (Å²) in [5.41, 5.74) is 6.77. The summed E-state index contributed by atoms with van der Waals surface area (Å²) in [5.74, 6) is -2.45. The van der Waals surface area contributed by atoms with E-state index in [9.17, 15) is 53.1 Å². The largest absolute Gasteiger partial charge is 0.507 e. The quantitative estimate of drug-likeness (QED) is 0.0161. The van der Waals surface area contributed by atoms with Crippen LogP contribution in [-0.2, 0) is 112 Å². The van der Waals surface area contributed by atoms with Gasteiger partial charge in [0.15, 0.2) is 12.2 Å². The molecule has 4 rings (SSSR count). The van der Waals surface area contributed by atoms with E-state index < -0.39 is 36.1 Å². The van der Waals surface area contributed by atoms with Crippen molar-refractivity contribution in [1.29, 1.82) is 1.34 Å². The van der Waals surface area contributed by atoms with Crippen molar-refractivity contribution in [3.63, 3.8) is 0 Å². The van der Waals surface area contributed by atoms with E-state index in [2.05, 4.69) is 49.8 Å². The number of methoxy groups -OCH3 is 4. The number of hydrogen-bond acceptors (Lipinski definition) is 24. The number of allylic oxidation sites excluding steroid dienone is 4. The van der Waals surface area contributed by atoms with Gasteiger partial charge in [-0.15, -0.1) is 0 Å². The Morgan fingerprint density at radius 1 is 0.388 bits per heavy atom. The molecule has 27 heteroatoms. The molecule has 0 aliphatic carbocycles. The molecule has 1 atom stereocenters. The van der Waals surface area contributed by atoms with E-state index in [1.807, 2.05) is 39.8 Å². The van der Waals surface area contributed by atoms with Crippen molar-refractivity contribution in [2.45, 2.75) is 428 Å². The summed E-state index contributed by atoms with van der Waals surface area (Å²) < 4.78 is 74.8. The standard InChI is InChI=1S/C44H68O12.C40H75BrO6.C18H22O6.BH.U/c1-7-8-9-10-11-12-13-14-15-16-17-18-19-22-39(47)54-30-35(29-53-34(4)45)56-40(48)23-20-21-28-52-43-36(26-24-32(2)25-27-38(46)50-5)42(51-6)33(3)37-31-55-44(49)41(37)43;1-3-5-7-9-11-13-15-17-19-21-23-25-27-31-38(42)45-35-37(47-40(44)33-29-30-34-41)36-46-39(43)32-28-26-24-22-20-18-16-14-12-10-8-6-4-2;1-10(6-8-14(19)22-3)5-7-12-16(20)15-13(9-24-18(15)21)11(2)17(12)23-4;;/h24,35H,7-23,25-31H2,1-6H3;37H,3-36H2,1-2H3;5,20H,6-9H2,1-4H3;1H;/b32-24+;;10-5+;;/i;;;1D;. The molecule has 24 nitrogen and oxygen atoms in total. The third-order valence-corrected chi connectivity index (χ3v) is 23.6. The van der Waals surface area contributed by atoms with Gasteiger partial charge >= 0.3 is 59.7 Å². The van der Waals surface area contributed by atoms with Crippen molar-refractivity contribution in [3.05, 3.63) is 67.8 Å². The number of hydrogen-bond donors (Lipinski definition) is 1. The number of alkyl halides is 1. The molecule has 1 unspecified atom stereocenters. The number of unbranched alkanes of at least 4 members (excludes halogenated alkanes) is 38. The van der Waals surface area contributed by atoms with E-state index in [0.717, 1.165) is 91.8 Å². The molecule has 2 aliphatic rings. The average molecular weight is 2110 g/mol. The van der Waals surface area contributed by atoms with E-state index in [1.54, 1.807) is 7.11 Å². The minimum atomic E-state index is -0.918. The zero-order valence-corrected chi connectivity index (χ0v) is 87.2. The Morgan fingerprint density at radius 2 is 0.682 bits per heavy atom. The Morgan fingerprint density at radius 3 is 1.02 bits per heavy atom. The number of carbonyl (C=O) groups is 10. The van der Waals surface area contributed by atoms with Crippen molar-refractivity contribution in [2.75, 3.05) is 66.8 Å². The molecule has 1 N–H and O–H groups in total. The van der Waals surface area contributed by atoms with Crippen molar-refractivity contribution >= 4 is 84.0 Å². The summed E-state index contributed by atoms with van der Waals surface area (Å²) in [4.78, 5) is 121. The maximum absolute atomic E-state index is 12.8. The number of esters is 10. The number of benzene rings is 2. The minimum absolute atomic E-state index is 0. The van der Waals surface area contributed by atoms with Crippen LogP contribution >= 0.6 is 15.9 Å². The fourth-order valence-electron chi connectivity index (χ4n) is 15.2. The van der Waals surface area contributed by atoms with Crippen LogP contribution in [0, 0.1) is 45.0 Å². The van der Waals surface area contributed by atoms with Gasteiger partial charge in [-0.3, -0.25) is 38.4 Å². The third-order valence-electron chi connectivity index (χ3n) is 23.1. The molecule has 2 aromatic carbocycles. The number of cyclic esters (lactones) is 2. The molecule has 2 heterocycles. The van der Waals surface area contributed by atoms with Crippen LogP contribution in [0.3, 0.4) is 0 Å². The first-order chi connectivity index (χ1) is 62.4. The second kappa shape index (κ2) is 79.9. The number of ether oxygens (including phenoxy) is 13. The van der Waals surface area contributed by atoms with Gasteiger partial charge in [-0.2, -0.15) is 0 Å². The van der Waals surface area contributed by atoms with Gasteiger partial charge in [0.25, 0.3) is 0 Å². The van der Waals surface area contributed by atoms with Crippen molar-refractivity contribution in [3.8, 4) is 23.0 Å². The fraction of sp³-hybridized carbons (Fsp3) is 0.745. The second-order valence-electron chi connectivity index (χ2n) is 34.0. The molecule has 0 bridgehead atoms.